The van der Waals surface area contributed by atoms with E-state index in [-0.39, 0.29) is 37.3 Å². The van der Waals surface area contributed by atoms with Gasteiger partial charge in [0.25, 0.3) is 5.91 Å². The van der Waals surface area contributed by atoms with Gasteiger partial charge in [0.1, 0.15) is 17.7 Å². The summed E-state index contributed by atoms with van der Waals surface area (Å²) in [6, 6.07) is 20.5. The van der Waals surface area contributed by atoms with E-state index in [1.807, 2.05) is 86.6 Å². The number of nitrogens with zero attached hydrogens (tertiary/aromatic N) is 2. The molecule has 0 aromatic heterocycles. The molecule has 3 saturated heterocycles. The number of allylic oxidation sites excluding steroid dienone is 1. The average Bonchev–Trinajstić information content (AvgIpc) is 3.82. The van der Waals surface area contributed by atoms with Gasteiger partial charge >= 0.3 is 5.97 Å². The van der Waals surface area contributed by atoms with E-state index >= 15 is 4.79 Å². The molecule has 10 heteroatoms. The van der Waals surface area contributed by atoms with Crippen LogP contribution in [0.1, 0.15) is 64.5 Å². The lowest BCUT2D eigenvalue weighted by atomic mass is 9.70. The molecule has 3 aromatic carbocycles. The summed E-state index contributed by atoms with van der Waals surface area (Å²) in [7, 11) is 0. The summed E-state index contributed by atoms with van der Waals surface area (Å²) in [5.74, 6) is -3.72. The second kappa shape index (κ2) is 16.1. The third-order valence-electron chi connectivity index (χ3n) is 11.5. The fourth-order valence-corrected chi connectivity index (χ4v) is 8.69. The molecule has 1 spiro atoms. The highest BCUT2D eigenvalue weighted by molar-refractivity contribution is 6.05. The number of aliphatic hydroxyl groups is 1. The third-order valence-corrected chi connectivity index (χ3v) is 11.5. The van der Waals surface area contributed by atoms with E-state index in [0.717, 1.165) is 10.8 Å². The summed E-state index contributed by atoms with van der Waals surface area (Å²) in [6.07, 6.45) is 4.07. The molecule has 3 aliphatic heterocycles. The van der Waals surface area contributed by atoms with Crippen LogP contribution in [0.5, 0.6) is 0 Å². The molecule has 0 aliphatic carbocycles. The van der Waals surface area contributed by atoms with Crippen LogP contribution in [-0.2, 0) is 28.7 Å². The first-order chi connectivity index (χ1) is 25.6. The number of rotatable bonds is 16. The van der Waals surface area contributed by atoms with Crippen LogP contribution in [0.3, 0.4) is 0 Å². The van der Waals surface area contributed by atoms with E-state index in [1.165, 1.54) is 4.90 Å². The van der Waals surface area contributed by atoms with Gasteiger partial charge in [-0.15, -0.1) is 13.2 Å². The minimum absolute atomic E-state index is 0.154. The molecule has 9 atom stereocenters. The van der Waals surface area contributed by atoms with Gasteiger partial charge in [-0.05, 0) is 60.6 Å². The lowest BCUT2D eigenvalue weighted by Gasteiger charge is -2.41. The standard InChI is InChI=1S/C43H51N3O7/c1-6-9-19-35(48)44-28(5)38(30-16-11-10-12-17-30)52-42(51)36-34-22-23-43(53-34)37(36)40(49)46(33(26-47)27(4)8-3)39(43)41(50)45(24-7-2)32-21-20-29-15-13-14-18-31(29)25-32/h6-7,10-18,20-21,25,27-28,33-34,36-39,47H,1-2,8-9,19,22-24,26H2,3-5H3,(H,44,48)/t27-,28-,33-,34+,36-,37-,38-,39+,43-/m0/s1. The van der Waals surface area contributed by atoms with Crippen molar-refractivity contribution in [3.8, 4) is 0 Å². The number of benzene rings is 3. The fourth-order valence-electron chi connectivity index (χ4n) is 8.69. The quantitative estimate of drug-likeness (QED) is 0.140. The predicted octanol–water partition coefficient (Wildman–Crippen LogP) is 5.90. The van der Waals surface area contributed by atoms with Crippen molar-refractivity contribution in [3.63, 3.8) is 0 Å². The number of nitrogens with one attached hydrogen (secondary N) is 1. The van der Waals surface area contributed by atoms with Gasteiger partial charge in [-0.3, -0.25) is 19.2 Å². The predicted molar refractivity (Wildman–Crippen MR) is 204 cm³/mol. The van der Waals surface area contributed by atoms with Gasteiger partial charge in [0.15, 0.2) is 0 Å². The summed E-state index contributed by atoms with van der Waals surface area (Å²) in [5.41, 5.74) is 0.0197. The molecule has 10 nitrogen and oxygen atoms in total. The van der Waals surface area contributed by atoms with Gasteiger partial charge in [-0.25, -0.2) is 0 Å². The van der Waals surface area contributed by atoms with Crippen LogP contribution >= 0.6 is 0 Å². The Morgan fingerprint density at radius 3 is 2.45 bits per heavy atom. The Morgan fingerprint density at radius 2 is 1.77 bits per heavy atom. The smallest absolute Gasteiger partial charge is 0.313 e. The van der Waals surface area contributed by atoms with Gasteiger partial charge in [0.05, 0.1) is 36.6 Å². The van der Waals surface area contributed by atoms with Crippen molar-refractivity contribution in [1.82, 2.24) is 10.2 Å². The number of hydrogen-bond donors (Lipinski definition) is 2. The highest BCUT2D eigenvalue weighted by atomic mass is 16.6. The summed E-state index contributed by atoms with van der Waals surface area (Å²) in [6.45, 7) is 13.2. The number of amides is 3. The summed E-state index contributed by atoms with van der Waals surface area (Å²) in [5, 5.41) is 15.8. The molecule has 3 aromatic rings. The maximum Gasteiger partial charge on any atom is 0.313 e. The molecule has 0 unspecified atom stereocenters. The van der Waals surface area contributed by atoms with Crippen LogP contribution in [0.25, 0.3) is 10.8 Å². The first kappa shape index (κ1) is 37.9. The summed E-state index contributed by atoms with van der Waals surface area (Å²) < 4.78 is 13.0. The Morgan fingerprint density at radius 1 is 1.06 bits per heavy atom. The van der Waals surface area contributed by atoms with Crippen molar-refractivity contribution in [2.45, 2.75) is 88.8 Å². The molecule has 2 bridgehead atoms. The van der Waals surface area contributed by atoms with Crippen LogP contribution in [0, 0.1) is 17.8 Å². The maximum atomic E-state index is 15.2. The molecule has 3 amide bonds. The number of fused-ring (bicyclic) bond motifs is 2. The number of likely N-dealkylation sites (tertiary alicyclic amines) is 1. The zero-order chi connectivity index (χ0) is 37.9. The monoisotopic (exact) mass is 721 g/mol. The van der Waals surface area contributed by atoms with E-state index in [4.69, 9.17) is 9.47 Å². The largest absolute Gasteiger partial charge is 0.455 e. The number of esters is 1. The topological polar surface area (TPSA) is 125 Å². The lowest BCUT2D eigenvalue weighted by molar-refractivity contribution is -0.162. The van der Waals surface area contributed by atoms with Crippen molar-refractivity contribution in [1.29, 1.82) is 0 Å². The Hall–Kier alpha value is -4.80. The highest BCUT2D eigenvalue weighted by Gasteiger charge is 2.76. The van der Waals surface area contributed by atoms with E-state index in [0.29, 0.717) is 36.9 Å². The first-order valence-corrected chi connectivity index (χ1v) is 18.8. The Kier molecular flexibility index (Phi) is 11.5. The zero-order valence-electron chi connectivity index (χ0n) is 30.9. The van der Waals surface area contributed by atoms with Gasteiger partial charge in [-0.2, -0.15) is 0 Å². The van der Waals surface area contributed by atoms with Crippen LogP contribution < -0.4 is 10.2 Å². The molecule has 3 heterocycles. The van der Waals surface area contributed by atoms with E-state index in [2.05, 4.69) is 18.5 Å². The maximum absolute atomic E-state index is 15.2. The molecule has 3 aliphatic rings. The van der Waals surface area contributed by atoms with E-state index in [9.17, 15) is 19.5 Å². The van der Waals surface area contributed by atoms with Crippen molar-refractivity contribution >= 4 is 40.2 Å². The SMILES string of the molecule is C=CCCC(=O)N[C@@H](C)[C@H](OC(=O)[C@@H]1[C@H]2C(=O)N([C@@H](CO)[C@@H](C)CC)[C@H](C(=O)N(CC=C)c3ccc4ccccc4c3)[C@]23CC[C@H]1O3)c1ccccc1. The molecule has 3 fully saturated rings. The Labute approximate surface area is 311 Å². The van der Waals surface area contributed by atoms with Crippen molar-refractivity contribution in [2.24, 2.45) is 17.8 Å². The molecular formula is C43H51N3O7. The molecule has 0 radical (unpaired) electrons. The highest BCUT2D eigenvalue weighted by Crippen LogP contribution is 2.60. The van der Waals surface area contributed by atoms with Crippen LogP contribution in [-0.4, -0.2) is 76.7 Å². The number of ether oxygens (including phenoxy) is 2. The first-order valence-electron chi connectivity index (χ1n) is 18.8. The molecular weight excluding hydrogens is 670 g/mol. The van der Waals surface area contributed by atoms with Crippen LogP contribution in [0.15, 0.2) is 98.1 Å². The van der Waals surface area contributed by atoms with Crippen molar-refractivity contribution in [2.75, 3.05) is 18.1 Å². The number of carbonyl (C=O) groups is 4. The molecule has 2 N–H and O–H groups in total. The van der Waals surface area contributed by atoms with Gasteiger partial charge in [0.2, 0.25) is 11.8 Å². The number of hydrogen-bond acceptors (Lipinski definition) is 7. The normalized spacial score (nSPS) is 25.3. The minimum Gasteiger partial charge on any atom is -0.455 e. The molecule has 6 rings (SSSR count). The summed E-state index contributed by atoms with van der Waals surface area (Å²) >= 11 is 0. The third kappa shape index (κ3) is 7.02. The Balaban J connectivity index is 1.37. The molecule has 280 valence electrons. The zero-order valence-corrected chi connectivity index (χ0v) is 30.9. The van der Waals surface area contributed by atoms with Gasteiger partial charge < -0.3 is 29.7 Å². The second-order valence-electron chi connectivity index (χ2n) is 14.7. The van der Waals surface area contributed by atoms with E-state index < -0.39 is 59.6 Å². The lowest BCUT2D eigenvalue weighted by Crippen LogP contribution is -2.60. The minimum atomic E-state index is -1.31. The van der Waals surface area contributed by atoms with Crippen molar-refractivity contribution in [3.05, 3.63) is 104 Å². The second-order valence-corrected chi connectivity index (χ2v) is 14.7. The average molecular weight is 722 g/mol. The summed E-state index contributed by atoms with van der Waals surface area (Å²) in [4.78, 5) is 60.5. The Bertz CT molecular complexity index is 1850. The molecule has 0 saturated carbocycles. The molecule has 53 heavy (non-hydrogen) atoms. The fraction of sp³-hybridized carbons (Fsp3) is 0.442. The van der Waals surface area contributed by atoms with E-state index in [1.54, 1.807) is 24.0 Å². The van der Waals surface area contributed by atoms with Crippen LogP contribution in [0.4, 0.5) is 5.69 Å². The number of anilines is 1. The van der Waals surface area contributed by atoms with Gasteiger partial charge in [0, 0.05) is 18.7 Å². The van der Waals surface area contributed by atoms with Crippen LogP contribution in [0.2, 0.25) is 0 Å². The van der Waals surface area contributed by atoms with Crippen molar-refractivity contribution < 1.29 is 33.8 Å². The number of carbonyl (C=O) groups excluding carboxylic acids is 4. The number of aliphatic hydroxyl groups excluding tert-OH is 1. The van der Waals surface area contributed by atoms with Gasteiger partial charge in [-0.1, -0.05) is 93.1 Å².